The molecular weight excluding hydrogens is 210 g/mol. The maximum absolute atomic E-state index is 4.57. The van der Waals surface area contributed by atoms with Gasteiger partial charge in [-0.3, -0.25) is 0 Å². The lowest BCUT2D eigenvalue weighted by Crippen LogP contribution is -2.28. The zero-order chi connectivity index (χ0) is 10.3. The van der Waals surface area contributed by atoms with E-state index in [0.29, 0.717) is 0 Å². The summed E-state index contributed by atoms with van der Waals surface area (Å²) in [6, 6.07) is 0. The third kappa shape index (κ3) is 1.28. The molecule has 1 N–H and O–H groups in total. The van der Waals surface area contributed by atoms with Crippen LogP contribution in [0.5, 0.6) is 0 Å². The average molecular weight is 223 g/mol. The topological polar surface area (TPSA) is 55.1 Å². The molecule has 0 bridgehead atoms. The third-order valence-corrected chi connectivity index (χ3v) is 4.42. The van der Waals surface area contributed by atoms with Crippen molar-refractivity contribution in [3.05, 3.63) is 11.3 Å². The number of nitrogens with zero attached hydrogens (tertiary/aromatic N) is 4. The van der Waals surface area contributed by atoms with E-state index in [-0.39, 0.29) is 5.41 Å². The number of hydrogen-bond acceptors (Lipinski definition) is 5. The molecule has 0 amide bonds. The monoisotopic (exact) mass is 223 g/mol. The molecule has 1 aliphatic rings. The lowest BCUT2D eigenvalue weighted by molar-refractivity contribution is 0.446. The maximum Gasteiger partial charge on any atom is 0.234 e. The van der Waals surface area contributed by atoms with Gasteiger partial charge in [-0.1, -0.05) is 18.3 Å². The number of hydrogen-bond donors (Lipinski definition) is 1. The van der Waals surface area contributed by atoms with Gasteiger partial charge in [-0.05, 0) is 19.4 Å². The average Bonchev–Trinajstić information content (AvgIpc) is 2.92. The van der Waals surface area contributed by atoms with Gasteiger partial charge in [0.05, 0.1) is 0 Å². The van der Waals surface area contributed by atoms with Gasteiger partial charge in [-0.25, -0.2) is 0 Å². The largest absolute Gasteiger partial charge is 0.316 e. The van der Waals surface area contributed by atoms with Gasteiger partial charge in [-0.2, -0.15) is 9.61 Å². The van der Waals surface area contributed by atoms with Gasteiger partial charge in [0, 0.05) is 12.0 Å². The first kappa shape index (κ1) is 9.23. The van der Waals surface area contributed by atoms with E-state index >= 15 is 0 Å². The third-order valence-electron chi connectivity index (χ3n) is 3.26. The van der Waals surface area contributed by atoms with E-state index in [0.717, 1.165) is 24.5 Å². The molecule has 1 unspecified atom stereocenters. The van der Waals surface area contributed by atoms with E-state index in [1.807, 2.05) is 0 Å². The fraction of sp³-hybridized carbons (Fsp3) is 0.667. The minimum atomic E-state index is 0.228. The van der Waals surface area contributed by atoms with Crippen LogP contribution in [0.15, 0.2) is 6.33 Å². The highest BCUT2D eigenvalue weighted by molar-refractivity contribution is 7.16. The molecule has 3 rings (SSSR count). The van der Waals surface area contributed by atoms with Crippen molar-refractivity contribution in [2.24, 2.45) is 0 Å². The van der Waals surface area contributed by atoms with Gasteiger partial charge in [0.2, 0.25) is 4.96 Å². The first-order valence-electron chi connectivity index (χ1n) is 5.22. The minimum absolute atomic E-state index is 0.228. The molecule has 1 aliphatic heterocycles. The fourth-order valence-corrected chi connectivity index (χ4v) is 3.26. The summed E-state index contributed by atoms with van der Waals surface area (Å²) < 4.78 is 1.77. The smallest absolute Gasteiger partial charge is 0.234 e. The quantitative estimate of drug-likeness (QED) is 0.819. The van der Waals surface area contributed by atoms with Gasteiger partial charge in [-0.15, -0.1) is 10.2 Å². The van der Waals surface area contributed by atoms with E-state index in [9.17, 15) is 0 Å². The summed E-state index contributed by atoms with van der Waals surface area (Å²) in [5, 5.41) is 17.0. The Bertz CT molecular complexity index is 439. The molecule has 1 saturated heterocycles. The second-order valence-electron chi connectivity index (χ2n) is 4.03. The van der Waals surface area contributed by atoms with Crippen molar-refractivity contribution in [1.29, 1.82) is 0 Å². The summed E-state index contributed by atoms with van der Waals surface area (Å²) in [7, 11) is 0. The standard InChI is InChI=1S/C9H13N5S/c1-2-9(3-4-10-5-9)7-13-14-6-11-12-8(14)15-7/h6,10H,2-5H2,1H3. The van der Waals surface area contributed by atoms with Crippen molar-refractivity contribution >= 4 is 16.3 Å². The Morgan fingerprint density at radius 3 is 3.27 bits per heavy atom. The Balaban J connectivity index is 2.08. The summed E-state index contributed by atoms with van der Waals surface area (Å²) in [6.07, 6.45) is 3.97. The van der Waals surface area contributed by atoms with Crippen LogP contribution in [0.2, 0.25) is 0 Å². The number of rotatable bonds is 2. The molecule has 80 valence electrons. The zero-order valence-electron chi connectivity index (χ0n) is 8.60. The van der Waals surface area contributed by atoms with Crippen LogP contribution in [0.1, 0.15) is 24.8 Å². The van der Waals surface area contributed by atoms with Gasteiger partial charge in [0.1, 0.15) is 11.3 Å². The van der Waals surface area contributed by atoms with Crippen molar-refractivity contribution in [2.45, 2.75) is 25.2 Å². The number of fused-ring (bicyclic) bond motifs is 1. The van der Waals surface area contributed by atoms with Crippen LogP contribution in [-0.2, 0) is 5.41 Å². The molecular formula is C9H13N5S. The normalized spacial score (nSPS) is 26.5. The first-order valence-corrected chi connectivity index (χ1v) is 6.04. The SMILES string of the molecule is CCC1(c2nn3cnnc3s2)CCNC1. The van der Waals surface area contributed by atoms with Gasteiger partial charge in [0.25, 0.3) is 0 Å². The van der Waals surface area contributed by atoms with E-state index in [1.165, 1.54) is 11.4 Å². The van der Waals surface area contributed by atoms with Crippen LogP contribution in [0.25, 0.3) is 4.96 Å². The second-order valence-corrected chi connectivity index (χ2v) is 4.98. The van der Waals surface area contributed by atoms with Crippen LogP contribution in [-0.4, -0.2) is 32.9 Å². The predicted molar refractivity (Wildman–Crippen MR) is 58.1 cm³/mol. The summed E-state index contributed by atoms with van der Waals surface area (Å²) in [5.41, 5.74) is 0.228. The van der Waals surface area contributed by atoms with Crippen molar-refractivity contribution < 1.29 is 0 Å². The Kier molecular flexibility index (Phi) is 2.00. The van der Waals surface area contributed by atoms with E-state index in [4.69, 9.17) is 0 Å². The van der Waals surface area contributed by atoms with Gasteiger partial charge < -0.3 is 5.32 Å². The fourth-order valence-electron chi connectivity index (χ4n) is 2.15. The second kappa shape index (κ2) is 3.24. The molecule has 0 saturated carbocycles. The molecule has 15 heavy (non-hydrogen) atoms. The molecule has 0 spiro atoms. The molecule has 6 heteroatoms. The van der Waals surface area contributed by atoms with Crippen LogP contribution in [0, 0.1) is 0 Å². The highest BCUT2D eigenvalue weighted by Crippen LogP contribution is 2.36. The van der Waals surface area contributed by atoms with Crippen LogP contribution < -0.4 is 5.32 Å². The summed E-state index contributed by atoms with van der Waals surface area (Å²) in [5.74, 6) is 0. The molecule has 1 fully saturated rings. The Labute approximate surface area is 91.5 Å². The van der Waals surface area contributed by atoms with Crippen molar-refractivity contribution in [3.63, 3.8) is 0 Å². The summed E-state index contributed by atoms with van der Waals surface area (Å²) >= 11 is 1.66. The van der Waals surface area contributed by atoms with E-state index in [2.05, 4.69) is 27.5 Å². The lowest BCUT2D eigenvalue weighted by atomic mass is 9.85. The molecule has 1 atom stereocenters. The molecule has 3 heterocycles. The molecule has 5 nitrogen and oxygen atoms in total. The Hall–Kier alpha value is -1.01. The Morgan fingerprint density at radius 1 is 1.67 bits per heavy atom. The van der Waals surface area contributed by atoms with Crippen molar-refractivity contribution in [1.82, 2.24) is 25.1 Å². The highest BCUT2D eigenvalue weighted by Gasteiger charge is 2.37. The van der Waals surface area contributed by atoms with E-state index in [1.54, 1.807) is 22.2 Å². The predicted octanol–water partition coefficient (Wildman–Crippen LogP) is 0.827. The molecule has 2 aromatic heterocycles. The van der Waals surface area contributed by atoms with Crippen LogP contribution >= 0.6 is 11.3 Å². The zero-order valence-corrected chi connectivity index (χ0v) is 9.42. The molecule has 2 aromatic rings. The maximum atomic E-state index is 4.57. The van der Waals surface area contributed by atoms with Crippen LogP contribution in [0.3, 0.4) is 0 Å². The number of nitrogens with one attached hydrogen (secondary N) is 1. The van der Waals surface area contributed by atoms with Gasteiger partial charge in [0.15, 0.2) is 0 Å². The minimum Gasteiger partial charge on any atom is -0.316 e. The van der Waals surface area contributed by atoms with Crippen molar-refractivity contribution in [3.8, 4) is 0 Å². The summed E-state index contributed by atoms with van der Waals surface area (Å²) in [6.45, 7) is 4.36. The molecule has 0 aliphatic carbocycles. The molecule has 0 aromatic carbocycles. The lowest BCUT2D eigenvalue weighted by Gasteiger charge is -2.22. The van der Waals surface area contributed by atoms with Crippen LogP contribution in [0.4, 0.5) is 0 Å². The first-order chi connectivity index (χ1) is 7.34. The van der Waals surface area contributed by atoms with Gasteiger partial charge >= 0.3 is 0 Å². The summed E-state index contributed by atoms with van der Waals surface area (Å²) in [4.78, 5) is 0.893. The van der Waals surface area contributed by atoms with E-state index < -0.39 is 0 Å². The molecule has 0 radical (unpaired) electrons. The number of aromatic nitrogens is 4. The highest BCUT2D eigenvalue weighted by atomic mass is 32.1. The van der Waals surface area contributed by atoms with Crippen molar-refractivity contribution in [2.75, 3.05) is 13.1 Å². The Morgan fingerprint density at radius 2 is 2.60 bits per heavy atom.